The van der Waals surface area contributed by atoms with Crippen LogP contribution >= 0.6 is 0 Å². The fourth-order valence-electron chi connectivity index (χ4n) is 4.30. The first-order valence-corrected chi connectivity index (χ1v) is 11.2. The smallest absolute Gasteiger partial charge is 0.416 e. The van der Waals surface area contributed by atoms with Crippen molar-refractivity contribution < 1.29 is 32.2 Å². The maximum Gasteiger partial charge on any atom is 0.416 e. The van der Waals surface area contributed by atoms with Gasteiger partial charge in [-0.2, -0.15) is 17.6 Å². The van der Waals surface area contributed by atoms with Gasteiger partial charge in [-0.25, -0.2) is 9.97 Å². The molecule has 1 aliphatic carbocycles. The quantitative estimate of drug-likeness (QED) is 0.445. The first-order valence-electron chi connectivity index (χ1n) is 11.2. The Morgan fingerprint density at radius 3 is 2.29 bits per heavy atom. The number of nitrogens with one attached hydrogen (secondary N) is 2. The third kappa shape index (κ3) is 5.75. The number of rotatable bonds is 9. The van der Waals surface area contributed by atoms with Crippen LogP contribution in [0.5, 0.6) is 0 Å². The summed E-state index contributed by atoms with van der Waals surface area (Å²) in [6.07, 6.45) is -0.306. The van der Waals surface area contributed by atoms with Gasteiger partial charge in [0.2, 0.25) is 5.82 Å². The Bertz CT molecular complexity index is 993. The molecule has 0 amide bonds. The number of aliphatic carboxylic acids is 1. The summed E-state index contributed by atoms with van der Waals surface area (Å²) in [6, 6.07) is 4.40. The Hall–Kier alpha value is -2.95. The first kappa shape index (κ1) is 24.2. The molecule has 1 saturated heterocycles. The van der Waals surface area contributed by atoms with Crippen molar-refractivity contribution in [1.29, 1.82) is 0 Å². The number of carbonyl (C=O) groups is 1. The molecule has 11 heteroatoms. The molecule has 2 heterocycles. The summed E-state index contributed by atoms with van der Waals surface area (Å²) in [7, 11) is 0. The van der Waals surface area contributed by atoms with E-state index >= 15 is 4.39 Å². The van der Waals surface area contributed by atoms with E-state index in [-0.39, 0.29) is 30.0 Å². The Kier molecular flexibility index (Phi) is 7.20. The monoisotopic (exact) mass is 482 g/mol. The number of halogens is 4. The lowest BCUT2D eigenvalue weighted by Gasteiger charge is -2.28. The summed E-state index contributed by atoms with van der Waals surface area (Å²) in [5.74, 6) is -2.61. The number of benzene rings is 1. The summed E-state index contributed by atoms with van der Waals surface area (Å²) < 4.78 is 59.2. The predicted octanol–water partition coefficient (Wildman–Crippen LogP) is 4.74. The van der Waals surface area contributed by atoms with Gasteiger partial charge in [0.15, 0.2) is 11.6 Å². The molecule has 7 nitrogen and oxygen atoms in total. The number of alkyl halides is 3. The maximum atomic E-state index is 15.2. The van der Waals surface area contributed by atoms with E-state index in [1.807, 2.05) is 0 Å². The van der Waals surface area contributed by atoms with Crippen molar-refractivity contribution in [3.63, 3.8) is 0 Å². The summed E-state index contributed by atoms with van der Waals surface area (Å²) in [5.41, 5.74) is -0.142. The van der Waals surface area contributed by atoms with Crippen molar-refractivity contribution in [1.82, 2.24) is 9.97 Å². The minimum absolute atomic E-state index is 0.00166. The lowest BCUT2D eigenvalue weighted by molar-refractivity contribution is -0.144. The molecule has 34 heavy (non-hydrogen) atoms. The molecule has 1 aromatic heterocycles. The van der Waals surface area contributed by atoms with Crippen LogP contribution in [0.3, 0.4) is 0 Å². The maximum absolute atomic E-state index is 15.2. The lowest BCUT2D eigenvalue weighted by atomic mass is 9.86. The first-order chi connectivity index (χ1) is 16.2. The summed E-state index contributed by atoms with van der Waals surface area (Å²) in [5, 5.41) is 15.4. The molecule has 1 aliphatic heterocycles. The second-order valence-corrected chi connectivity index (χ2v) is 8.74. The van der Waals surface area contributed by atoms with E-state index in [1.54, 1.807) is 0 Å². The molecular formula is C23H26F4N4O3. The number of anilines is 2. The second-order valence-electron chi connectivity index (χ2n) is 8.74. The van der Waals surface area contributed by atoms with E-state index in [1.165, 1.54) is 12.1 Å². The van der Waals surface area contributed by atoms with Crippen LogP contribution in [0.25, 0.3) is 0 Å². The molecular weight excluding hydrogens is 456 g/mol. The molecule has 2 atom stereocenters. The van der Waals surface area contributed by atoms with Gasteiger partial charge in [0, 0.05) is 19.8 Å². The lowest BCUT2D eigenvalue weighted by Crippen LogP contribution is -2.34. The van der Waals surface area contributed by atoms with Crippen LogP contribution in [0.2, 0.25) is 0 Å². The summed E-state index contributed by atoms with van der Waals surface area (Å²) in [4.78, 5) is 19.6. The fraction of sp³-hybridized carbons (Fsp3) is 0.522. The minimum atomic E-state index is -4.43. The highest BCUT2D eigenvalue weighted by molar-refractivity contribution is 5.71. The van der Waals surface area contributed by atoms with Gasteiger partial charge in [0.25, 0.3) is 0 Å². The number of ether oxygens (including phenoxy) is 1. The Morgan fingerprint density at radius 1 is 1.06 bits per heavy atom. The van der Waals surface area contributed by atoms with Crippen molar-refractivity contribution >= 4 is 17.6 Å². The zero-order chi connectivity index (χ0) is 24.3. The largest absolute Gasteiger partial charge is 0.481 e. The Labute approximate surface area is 193 Å². The normalized spacial score (nSPS) is 18.8. The highest BCUT2D eigenvalue weighted by Gasteiger charge is 2.35. The molecule has 2 fully saturated rings. The molecule has 3 N–H and O–H groups in total. The number of hydrogen-bond acceptors (Lipinski definition) is 6. The van der Waals surface area contributed by atoms with Crippen molar-refractivity contribution in [3.8, 4) is 0 Å². The van der Waals surface area contributed by atoms with Crippen LogP contribution in [0.1, 0.15) is 42.9 Å². The van der Waals surface area contributed by atoms with Crippen LogP contribution in [0.4, 0.5) is 29.2 Å². The SMILES string of the molecule is O=C(O)C(CNc1ncnc(NC(c2ccc(C(F)(F)F)cc2)C2CC2)c1F)C1CCOCC1. The van der Waals surface area contributed by atoms with Gasteiger partial charge >= 0.3 is 12.1 Å². The topological polar surface area (TPSA) is 96.4 Å². The zero-order valence-corrected chi connectivity index (χ0v) is 18.3. The summed E-state index contributed by atoms with van der Waals surface area (Å²) in [6.45, 7) is 0.992. The number of carboxylic acids is 1. The van der Waals surface area contributed by atoms with Crippen LogP contribution in [-0.4, -0.2) is 40.8 Å². The number of nitrogens with zero attached hydrogens (tertiary/aromatic N) is 2. The highest BCUT2D eigenvalue weighted by atomic mass is 19.4. The van der Waals surface area contributed by atoms with E-state index in [4.69, 9.17) is 4.74 Å². The Morgan fingerprint density at radius 2 is 1.71 bits per heavy atom. The standard InChI is InChI=1S/C23H26F4N4O3/c24-18-20(28-11-17(22(32)33)13-7-9-34-10-8-13)29-12-30-21(18)31-19(14-1-2-14)15-3-5-16(6-4-15)23(25,26)27/h3-6,12-14,17,19H,1-2,7-11H2,(H,32,33)(H2,28,29,30,31). The van der Waals surface area contributed by atoms with Crippen LogP contribution in [0.15, 0.2) is 30.6 Å². The Balaban J connectivity index is 1.47. The molecule has 2 aliphatic rings. The van der Waals surface area contributed by atoms with Crippen molar-refractivity contribution in [3.05, 3.63) is 47.5 Å². The van der Waals surface area contributed by atoms with Crippen LogP contribution in [0, 0.1) is 23.6 Å². The van der Waals surface area contributed by atoms with Gasteiger partial charge in [-0.15, -0.1) is 0 Å². The van der Waals surface area contributed by atoms with Gasteiger partial charge in [-0.05, 0) is 55.2 Å². The number of carboxylic acid groups (broad SMARTS) is 1. The molecule has 1 aromatic carbocycles. The van der Waals surface area contributed by atoms with Crippen molar-refractivity contribution in [2.45, 2.75) is 37.9 Å². The molecule has 0 bridgehead atoms. The van der Waals surface area contributed by atoms with Crippen molar-refractivity contribution in [2.75, 3.05) is 30.4 Å². The van der Waals surface area contributed by atoms with Gasteiger partial charge in [0.1, 0.15) is 6.33 Å². The molecule has 1 saturated carbocycles. The zero-order valence-electron chi connectivity index (χ0n) is 18.3. The second kappa shape index (κ2) is 10.1. The molecule has 2 unspecified atom stereocenters. The van der Waals surface area contributed by atoms with Crippen LogP contribution in [-0.2, 0) is 15.7 Å². The highest BCUT2D eigenvalue weighted by Crippen LogP contribution is 2.43. The molecule has 0 spiro atoms. The van der Waals surface area contributed by atoms with Gasteiger partial charge < -0.3 is 20.5 Å². The van der Waals surface area contributed by atoms with E-state index in [2.05, 4.69) is 20.6 Å². The number of aromatic nitrogens is 2. The molecule has 184 valence electrons. The van der Waals surface area contributed by atoms with Gasteiger partial charge in [-0.1, -0.05) is 12.1 Å². The van der Waals surface area contributed by atoms with E-state index < -0.39 is 35.5 Å². The fourth-order valence-corrected chi connectivity index (χ4v) is 4.30. The number of hydrogen-bond donors (Lipinski definition) is 3. The van der Waals surface area contributed by atoms with E-state index in [9.17, 15) is 23.1 Å². The molecule has 4 rings (SSSR count). The predicted molar refractivity (Wildman–Crippen MR) is 116 cm³/mol. The van der Waals surface area contributed by atoms with Gasteiger partial charge in [0.05, 0.1) is 17.5 Å². The van der Waals surface area contributed by atoms with E-state index in [0.717, 1.165) is 31.3 Å². The van der Waals surface area contributed by atoms with E-state index in [0.29, 0.717) is 31.6 Å². The molecule has 0 radical (unpaired) electrons. The average Bonchev–Trinajstić information content (AvgIpc) is 3.65. The summed E-state index contributed by atoms with van der Waals surface area (Å²) >= 11 is 0. The van der Waals surface area contributed by atoms with Gasteiger partial charge in [-0.3, -0.25) is 4.79 Å². The minimum Gasteiger partial charge on any atom is -0.481 e. The van der Waals surface area contributed by atoms with Crippen molar-refractivity contribution in [2.24, 2.45) is 17.8 Å². The van der Waals surface area contributed by atoms with Crippen LogP contribution < -0.4 is 10.6 Å². The third-order valence-electron chi connectivity index (χ3n) is 6.41. The average molecular weight is 482 g/mol. The third-order valence-corrected chi connectivity index (χ3v) is 6.41. The molecule has 2 aromatic rings.